The Kier molecular flexibility index (Phi) is 8.37. The van der Waals surface area contributed by atoms with Gasteiger partial charge in [-0.15, -0.1) is 0 Å². The summed E-state index contributed by atoms with van der Waals surface area (Å²) in [6.45, 7) is 1.55. The summed E-state index contributed by atoms with van der Waals surface area (Å²) in [5.41, 5.74) is 0.873. The summed E-state index contributed by atoms with van der Waals surface area (Å²) in [6.07, 6.45) is 0.443. The molecule has 0 aliphatic rings. The minimum atomic E-state index is -1.20. The largest absolute Gasteiger partial charge is 1.00 e. The summed E-state index contributed by atoms with van der Waals surface area (Å²) < 4.78 is 5.19. The van der Waals surface area contributed by atoms with E-state index in [1.807, 2.05) is 37.3 Å². The summed E-state index contributed by atoms with van der Waals surface area (Å²) in [4.78, 5) is 15.1. The second-order valence-electron chi connectivity index (χ2n) is 4.57. The summed E-state index contributed by atoms with van der Waals surface area (Å²) in [6, 6.07) is 9.49. The number of carbonyl (C=O) groups is 1. The molecule has 1 aromatic carbocycles. The quantitative estimate of drug-likeness (QED) is 0.461. The molecule has 0 bridgehead atoms. The molecule has 0 unspecified atom stereocenters. The molecule has 0 saturated carbocycles. The fraction of sp³-hybridized carbons (Fsp3) is 0.286. The molecular weight excluding hydrogens is 329 g/mol. The zero-order chi connectivity index (χ0) is 15.2. The van der Waals surface area contributed by atoms with Crippen LogP contribution in [0.25, 0.3) is 11.4 Å². The number of rotatable bonds is 6. The Labute approximate surface area is 176 Å². The van der Waals surface area contributed by atoms with Crippen LogP contribution >= 0.6 is 12.2 Å². The van der Waals surface area contributed by atoms with Gasteiger partial charge in [-0.3, -0.25) is 0 Å². The Morgan fingerprint density at radius 2 is 2.09 bits per heavy atom. The van der Waals surface area contributed by atoms with E-state index in [9.17, 15) is 9.90 Å². The molecule has 0 aliphatic carbocycles. The average molecular weight is 343 g/mol. The fourth-order valence-corrected chi connectivity index (χ4v) is 1.89. The third-order valence-corrected chi connectivity index (χ3v) is 3.38. The maximum Gasteiger partial charge on any atom is 1.00 e. The number of nitrogens with zero attached hydrogens (tertiary/aromatic N) is 2. The molecule has 6 nitrogen and oxygen atoms in total. The maximum atomic E-state index is 10.4. The molecule has 110 valence electrons. The van der Waals surface area contributed by atoms with Crippen LogP contribution in [0.2, 0.25) is 0 Å². The SMILES string of the molecule is C[C@@H](Cc1nc(-c2ccccc2)no1)C(=S)NCC(=O)[O-].[K+]. The van der Waals surface area contributed by atoms with Gasteiger partial charge >= 0.3 is 51.4 Å². The Balaban J connectivity index is 0.00000242. The van der Waals surface area contributed by atoms with E-state index in [1.54, 1.807) is 0 Å². The third kappa shape index (κ3) is 5.86. The smallest absolute Gasteiger partial charge is 0.548 e. The monoisotopic (exact) mass is 343 g/mol. The molecule has 22 heavy (non-hydrogen) atoms. The van der Waals surface area contributed by atoms with Crippen molar-refractivity contribution in [1.29, 1.82) is 0 Å². The standard InChI is InChI=1S/C14H15N3O3S.K/c1-9(14(21)15-8-12(18)19)7-11-16-13(17-20-11)10-5-3-2-4-6-10;/h2-6,9H,7-8H2,1H3,(H,15,21)(H,18,19);/q;+1/p-1/t9-;/m0./s1. The van der Waals surface area contributed by atoms with Crippen LogP contribution in [0.4, 0.5) is 0 Å². The molecule has 0 radical (unpaired) electrons. The van der Waals surface area contributed by atoms with E-state index in [-0.39, 0.29) is 63.8 Å². The van der Waals surface area contributed by atoms with E-state index in [2.05, 4.69) is 15.5 Å². The van der Waals surface area contributed by atoms with Crippen molar-refractivity contribution in [3.8, 4) is 11.4 Å². The predicted octanol–water partition coefficient (Wildman–Crippen LogP) is -2.41. The van der Waals surface area contributed by atoms with Gasteiger partial charge in [0.15, 0.2) is 0 Å². The van der Waals surface area contributed by atoms with Gasteiger partial charge in [0, 0.05) is 17.9 Å². The summed E-state index contributed by atoms with van der Waals surface area (Å²) in [5, 5.41) is 16.9. The minimum absolute atomic E-state index is 0. The molecule has 0 aliphatic heterocycles. The normalized spacial score (nSPS) is 11.3. The number of thiocarbonyl (C=S) groups is 1. The molecule has 0 amide bonds. The molecule has 1 N–H and O–H groups in total. The Morgan fingerprint density at radius 1 is 1.41 bits per heavy atom. The van der Waals surface area contributed by atoms with Gasteiger partial charge in [-0.25, -0.2) is 0 Å². The number of carboxylic acids is 1. The number of hydrogen-bond acceptors (Lipinski definition) is 6. The van der Waals surface area contributed by atoms with Crippen LogP contribution < -0.4 is 61.8 Å². The van der Waals surface area contributed by atoms with Crippen molar-refractivity contribution >= 4 is 23.2 Å². The number of carbonyl (C=O) groups excluding carboxylic acids is 1. The first kappa shape index (κ1) is 19.4. The number of aliphatic carboxylic acids is 1. The number of benzene rings is 1. The first-order chi connectivity index (χ1) is 10.1. The van der Waals surface area contributed by atoms with Gasteiger partial charge in [0.25, 0.3) is 0 Å². The van der Waals surface area contributed by atoms with Gasteiger partial charge in [-0.2, -0.15) is 4.98 Å². The van der Waals surface area contributed by atoms with Gasteiger partial charge < -0.3 is 19.7 Å². The van der Waals surface area contributed by atoms with Gasteiger partial charge in [-0.05, 0) is 0 Å². The molecular formula is C14H14KN3O3S. The molecule has 0 spiro atoms. The van der Waals surface area contributed by atoms with E-state index in [4.69, 9.17) is 16.7 Å². The van der Waals surface area contributed by atoms with Crippen molar-refractivity contribution in [2.45, 2.75) is 13.3 Å². The second kappa shape index (κ2) is 9.49. The molecule has 1 aromatic heterocycles. The van der Waals surface area contributed by atoms with Gasteiger partial charge in [-0.1, -0.05) is 54.6 Å². The number of nitrogens with one attached hydrogen (secondary N) is 1. The second-order valence-corrected chi connectivity index (χ2v) is 5.01. The van der Waals surface area contributed by atoms with E-state index in [1.165, 1.54) is 0 Å². The van der Waals surface area contributed by atoms with Crippen LogP contribution in [0, 0.1) is 5.92 Å². The minimum Gasteiger partial charge on any atom is -0.548 e. The number of hydrogen-bond donors (Lipinski definition) is 1. The number of carboxylic acid groups (broad SMARTS) is 1. The topological polar surface area (TPSA) is 91.1 Å². The van der Waals surface area contributed by atoms with Crippen molar-refractivity contribution in [1.82, 2.24) is 15.5 Å². The maximum absolute atomic E-state index is 10.4. The van der Waals surface area contributed by atoms with Crippen molar-refractivity contribution < 1.29 is 65.8 Å². The van der Waals surface area contributed by atoms with Crippen molar-refractivity contribution in [2.24, 2.45) is 5.92 Å². The van der Waals surface area contributed by atoms with Gasteiger partial charge in [0.05, 0.1) is 17.5 Å². The Hall–Kier alpha value is -0.644. The third-order valence-electron chi connectivity index (χ3n) is 2.84. The molecule has 0 saturated heterocycles. The van der Waals surface area contributed by atoms with Crippen molar-refractivity contribution in [3.05, 3.63) is 36.2 Å². The van der Waals surface area contributed by atoms with Crippen LogP contribution in [-0.4, -0.2) is 27.6 Å². The van der Waals surface area contributed by atoms with Crippen molar-refractivity contribution in [2.75, 3.05) is 6.54 Å². The van der Waals surface area contributed by atoms with E-state index < -0.39 is 5.97 Å². The van der Waals surface area contributed by atoms with Crippen LogP contribution in [0.3, 0.4) is 0 Å². The van der Waals surface area contributed by atoms with Gasteiger partial charge in [0.1, 0.15) is 0 Å². The summed E-state index contributed by atoms with van der Waals surface area (Å²) in [5.74, 6) is -0.331. The van der Waals surface area contributed by atoms with Crippen LogP contribution in [0.5, 0.6) is 0 Å². The molecule has 1 atom stereocenters. The average Bonchev–Trinajstić information content (AvgIpc) is 2.94. The zero-order valence-electron chi connectivity index (χ0n) is 12.4. The molecule has 2 aromatic rings. The van der Waals surface area contributed by atoms with E-state index >= 15 is 0 Å². The van der Waals surface area contributed by atoms with E-state index in [0.717, 1.165) is 5.56 Å². The predicted molar refractivity (Wildman–Crippen MR) is 78.2 cm³/mol. The van der Waals surface area contributed by atoms with E-state index in [0.29, 0.717) is 23.1 Å². The van der Waals surface area contributed by atoms with Gasteiger partial charge in [0.2, 0.25) is 11.7 Å². The fourth-order valence-electron chi connectivity index (χ4n) is 1.73. The molecule has 2 rings (SSSR count). The van der Waals surface area contributed by atoms with Crippen LogP contribution in [-0.2, 0) is 11.2 Å². The summed E-state index contributed by atoms with van der Waals surface area (Å²) >= 11 is 5.10. The molecule has 8 heteroatoms. The van der Waals surface area contributed by atoms with Crippen LogP contribution in [0.1, 0.15) is 12.8 Å². The first-order valence-corrected chi connectivity index (χ1v) is 6.82. The molecule has 0 fully saturated rings. The Bertz CT molecular complexity index is 633. The van der Waals surface area contributed by atoms with Crippen molar-refractivity contribution in [3.63, 3.8) is 0 Å². The van der Waals surface area contributed by atoms with Crippen LogP contribution in [0.15, 0.2) is 34.9 Å². The molecule has 1 heterocycles. The number of aromatic nitrogens is 2. The first-order valence-electron chi connectivity index (χ1n) is 6.42. The zero-order valence-corrected chi connectivity index (χ0v) is 16.3. The Morgan fingerprint density at radius 3 is 2.73 bits per heavy atom. The summed E-state index contributed by atoms with van der Waals surface area (Å²) in [7, 11) is 0.